The summed E-state index contributed by atoms with van der Waals surface area (Å²) < 4.78 is 4.31. The second-order valence-corrected chi connectivity index (χ2v) is 12.4. The van der Waals surface area contributed by atoms with E-state index in [0.717, 1.165) is 79.8 Å². The maximum atomic E-state index is 14.3. The first-order valence-corrected chi connectivity index (χ1v) is 15.9. The molecule has 2 aliphatic carbocycles. The molecule has 212 valence electrons. The third kappa shape index (κ3) is 6.23. The highest BCUT2D eigenvalue weighted by Gasteiger charge is 2.37. The van der Waals surface area contributed by atoms with E-state index in [9.17, 15) is 14.4 Å². The predicted molar refractivity (Wildman–Crippen MR) is 161 cm³/mol. The van der Waals surface area contributed by atoms with Crippen LogP contribution in [0.1, 0.15) is 101 Å². The van der Waals surface area contributed by atoms with Gasteiger partial charge in [-0.3, -0.25) is 19.3 Å². The monoisotopic (exact) mass is 579 g/mol. The van der Waals surface area contributed by atoms with Crippen LogP contribution in [0.15, 0.2) is 41.8 Å². The Morgan fingerprint density at radius 2 is 1.62 bits per heavy atom. The van der Waals surface area contributed by atoms with Gasteiger partial charge in [-0.05, 0) is 72.8 Å². The lowest BCUT2D eigenvalue weighted by molar-refractivity contribution is -0.123. The van der Waals surface area contributed by atoms with E-state index in [-0.39, 0.29) is 40.2 Å². The van der Waals surface area contributed by atoms with Gasteiger partial charge in [0.05, 0.1) is 5.69 Å². The molecule has 0 spiro atoms. The van der Waals surface area contributed by atoms with Gasteiger partial charge in [0.15, 0.2) is 11.7 Å². The van der Waals surface area contributed by atoms with Crippen molar-refractivity contribution in [3.05, 3.63) is 62.8 Å². The van der Waals surface area contributed by atoms with Gasteiger partial charge in [-0.2, -0.15) is 4.37 Å². The minimum absolute atomic E-state index is 0.0552. The minimum atomic E-state index is -0.887. The van der Waals surface area contributed by atoms with Crippen LogP contribution in [0.5, 0.6) is 0 Å². The van der Waals surface area contributed by atoms with E-state index in [1.165, 1.54) is 22.7 Å². The smallest absolute Gasteiger partial charge is 0.273 e. The van der Waals surface area contributed by atoms with Gasteiger partial charge in [0, 0.05) is 22.6 Å². The van der Waals surface area contributed by atoms with E-state index < -0.39 is 11.9 Å². The Morgan fingerprint density at radius 1 is 0.975 bits per heavy atom. The highest BCUT2D eigenvalue weighted by atomic mass is 32.1. The summed E-state index contributed by atoms with van der Waals surface area (Å²) in [7, 11) is 0. The molecule has 2 aromatic heterocycles. The molecular weight excluding hydrogens is 542 g/mol. The summed E-state index contributed by atoms with van der Waals surface area (Å²) in [6.45, 7) is 2.07. The maximum absolute atomic E-state index is 14.3. The van der Waals surface area contributed by atoms with Crippen LogP contribution in [0.3, 0.4) is 0 Å². The van der Waals surface area contributed by atoms with Gasteiger partial charge in [0.1, 0.15) is 4.88 Å². The topological polar surface area (TPSA) is 117 Å². The number of nitrogen functional groups attached to an aromatic ring is 1. The van der Waals surface area contributed by atoms with Crippen molar-refractivity contribution < 1.29 is 14.4 Å². The molecular formula is C30H37N5O3S2. The first kappa shape index (κ1) is 28.3. The van der Waals surface area contributed by atoms with E-state index in [0.29, 0.717) is 5.69 Å². The van der Waals surface area contributed by atoms with Gasteiger partial charge in [-0.25, -0.2) is 0 Å². The van der Waals surface area contributed by atoms with Crippen molar-refractivity contribution in [1.82, 2.24) is 15.0 Å². The van der Waals surface area contributed by atoms with Gasteiger partial charge >= 0.3 is 0 Å². The number of nitrogens with two attached hydrogens (primary N) is 1. The summed E-state index contributed by atoms with van der Waals surface area (Å²) in [6, 6.07) is 10.7. The van der Waals surface area contributed by atoms with Crippen LogP contribution in [0, 0.1) is 0 Å². The van der Waals surface area contributed by atoms with Gasteiger partial charge in [-0.15, -0.1) is 11.3 Å². The Labute approximate surface area is 243 Å². The molecule has 0 aliphatic heterocycles. The number of nitrogens with one attached hydrogen (secondary N) is 2. The Hall–Kier alpha value is -3.24. The lowest BCUT2D eigenvalue weighted by Gasteiger charge is -2.31. The van der Waals surface area contributed by atoms with Crippen molar-refractivity contribution in [1.29, 1.82) is 0 Å². The number of nitrogens with zero attached hydrogens (tertiary/aromatic N) is 2. The number of thiophene rings is 1. The van der Waals surface area contributed by atoms with Crippen LogP contribution in [-0.2, 0) is 11.2 Å². The van der Waals surface area contributed by atoms with Crippen LogP contribution in [-0.4, -0.2) is 34.2 Å². The summed E-state index contributed by atoms with van der Waals surface area (Å²) in [5.41, 5.74) is 8.28. The van der Waals surface area contributed by atoms with Crippen LogP contribution in [0.25, 0.3) is 0 Å². The molecule has 2 fully saturated rings. The summed E-state index contributed by atoms with van der Waals surface area (Å²) in [6.07, 6.45) is 10.1. The van der Waals surface area contributed by atoms with Gasteiger partial charge in [0.25, 0.3) is 11.8 Å². The number of aryl methyl sites for hydroxylation is 1. The predicted octanol–water partition coefficient (Wildman–Crippen LogP) is 5.86. The molecule has 0 radical (unpaired) electrons. The molecule has 0 unspecified atom stereocenters. The molecule has 5 rings (SSSR count). The number of benzene rings is 1. The van der Waals surface area contributed by atoms with E-state index in [4.69, 9.17) is 5.73 Å². The fraction of sp³-hybridized carbons (Fsp3) is 0.467. The molecule has 2 heterocycles. The maximum Gasteiger partial charge on any atom is 0.273 e. The van der Waals surface area contributed by atoms with Crippen molar-refractivity contribution in [2.75, 3.05) is 10.6 Å². The van der Waals surface area contributed by atoms with Crippen molar-refractivity contribution in [2.45, 2.75) is 89.3 Å². The molecule has 40 heavy (non-hydrogen) atoms. The number of hydrogen-bond acceptors (Lipinski definition) is 7. The molecule has 0 bridgehead atoms. The fourth-order valence-electron chi connectivity index (χ4n) is 5.67. The second-order valence-electron chi connectivity index (χ2n) is 10.7. The molecule has 2 aliphatic rings. The number of carbonyl (C=O) groups is 3. The van der Waals surface area contributed by atoms with Crippen molar-refractivity contribution >= 4 is 52.0 Å². The van der Waals surface area contributed by atoms with E-state index >= 15 is 0 Å². The molecule has 10 heteroatoms. The fourth-order valence-corrected chi connectivity index (χ4v) is 7.22. The third-order valence-electron chi connectivity index (χ3n) is 7.94. The number of anilines is 2. The highest BCUT2D eigenvalue weighted by Crippen LogP contribution is 2.35. The summed E-state index contributed by atoms with van der Waals surface area (Å²) in [4.78, 5) is 43.7. The zero-order chi connectivity index (χ0) is 28.1. The minimum Gasteiger partial charge on any atom is -0.395 e. The average molecular weight is 580 g/mol. The molecule has 3 aromatic rings. The zero-order valence-corrected chi connectivity index (χ0v) is 24.5. The van der Waals surface area contributed by atoms with E-state index in [1.54, 1.807) is 0 Å². The number of aromatic nitrogens is 1. The lowest BCUT2D eigenvalue weighted by atomic mass is 9.95. The normalized spacial score (nSPS) is 16.9. The van der Waals surface area contributed by atoms with Crippen molar-refractivity contribution in [3.63, 3.8) is 0 Å². The van der Waals surface area contributed by atoms with Crippen LogP contribution in [0.2, 0.25) is 0 Å². The Kier molecular flexibility index (Phi) is 9.16. The number of rotatable bonds is 9. The van der Waals surface area contributed by atoms with E-state index in [1.807, 2.05) is 41.8 Å². The Balaban J connectivity index is 1.50. The molecule has 0 saturated heterocycles. The molecule has 3 amide bonds. The van der Waals surface area contributed by atoms with Crippen molar-refractivity contribution in [3.8, 4) is 0 Å². The first-order chi connectivity index (χ1) is 19.5. The van der Waals surface area contributed by atoms with Gasteiger partial charge in [-0.1, -0.05) is 57.2 Å². The highest BCUT2D eigenvalue weighted by molar-refractivity contribution is 7.10. The quantitative estimate of drug-likeness (QED) is 0.294. The molecule has 1 atom stereocenters. The third-order valence-corrected chi connectivity index (χ3v) is 9.72. The largest absolute Gasteiger partial charge is 0.395 e. The van der Waals surface area contributed by atoms with Crippen LogP contribution in [0.4, 0.5) is 11.4 Å². The molecule has 1 aromatic carbocycles. The zero-order valence-electron chi connectivity index (χ0n) is 22.9. The SMILES string of the molecule is CCc1ccc(N(C(=O)c2snc(C(=O)NC3CCCCC3)c2N)[C@@H](C(=O)NC2CCCC2)c2cccs2)cc1. The van der Waals surface area contributed by atoms with Gasteiger partial charge in [0.2, 0.25) is 5.91 Å². The Morgan fingerprint density at radius 3 is 2.25 bits per heavy atom. The average Bonchev–Trinajstić information content (AvgIpc) is 3.75. The number of carbonyl (C=O) groups excluding carboxylic acids is 3. The van der Waals surface area contributed by atoms with E-state index in [2.05, 4.69) is 21.9 Å². The number of hydrogen-bond donors (Lipinski definition) is 3. The molecule has 8 nitrogen and oxygen atoms in total. The molecule has 2 saturated carbocycles. The van der Waals surface area contributed by atoms with Crippen LogP contribution < -0.4 is 21.3 Å². The lowest BCUT2D eigenvalue weighted by Crippen LogP contribution is -2.46. The Bertz CT molecular complexity index is 1310. The first-order valence-electron chi connectivity index (χ1n) is 14.3. The summed E-state index contributed by atoms with van der Waals surface area (Å²) >= 11 is 2.34. The van der Waals surface area contributed by atoms with Gasteiger partial charge < -0.3 is 16.4 Å². The summed E-state index contributed by atoms with van der Waals surface area (Å²) in [5, 5.41) is 8.15. The van der Waals surface area contributed by atoms with Crippen molar-refractivity contribution in [2.24, 2.45) is 0 Å². The standard InChI is InChI=1S/C30H37N5O3S2/c1-2-19-14-16-22(17-15-19)35(26(23-13-8-18-39-23)29(37)33-21-11-6-7-12-21)30(38)27-24(31)25(34-40-27)28(36)32-20-9-4-3-5-10-20/h8,13-18,20-21,26H,2-7,9-12,31H2,1H3,(H,32,36)(H,33,37)/t26-/m1/s1. The second kappa shape index (κ2) is 13.0. The number of amides is 3. The molecule has 4 N–H and O–H groups in total. The van der Waals surface area contributed by atoms with Crippen LogP contribution >= 0.6 is 22.9 Å². The summed E-state index contributed by atoms with van der Waals surface area (Å²) in [5.74, 6) is -1.02.